The molecule has 2 heterocycles. The number of hydrogen-bond donors (Lipinski definition) is 1. The van der Waals surface area contributed by atoms with E-state index < -0.39 is 0 Å². The molecule has 23 heavy (non-hydrogen) atoms. The molecule has 0 saturated heterocycles. The predicted octanol–water partition coefficient (Wildman–Crippen LogP) is 2.73. The number of ether oxygens (including phenoxy) is 2. The number of thiophene rings is 1. The molecule has 5 nitrogen and oxygen atoms in total. The molecule has 1 aromatic carbocycles. The van der Waals surface area contributed by atoms with Crippen LogP contribution in [0.1, 0.15) is 10.4 Å². The number of para-hydroxylation sites is 1. The van der Waals surface area contributed by atoms with Gasteiger partial charge >= 0.3 is 0 Å². The van der Waals surface area contributed by atoms with Gasteiger partial charge in [0.15, 0.2) is 17.5 Å². The highest BCUT2D eigenvalue weighted by atomic mass is 32.1. The summed E-state index contributed by atoms with van der Waals surface area (Å²) in [4.78, 5) is 7.89. The van der Waals surface area contributed by atoms with Crippen LogP contribution in [0.25, 0.3) is 0 Å². The molecule has 0 atom stereocenters. The summed E-state index contributed by atoms with van der Waals surface area (Å²) in [7, 11) is 3.86. The quantitative estimate of drug-likeness (QED) is 0.676. The van der Waals surface area contributed by atoms with Crippen molar-refractivity contribution in [1.29, 1.82) is 0 Å². The van der Waals surface area contributed by atoms with Crippen molar-refractivity contribution in [1.82, 2.24) is 10.2 Å². The number of rotatable bonds is 5. The Labute approximate surface area is 140 Å². The third-order valence-corrected chi connectivity index (χ3v) is 4.70. The summed E-state index contributed by atoms with van der Waals surface area (Å²) >= 11 is 1.79. The van der Waals surface area contributed by atoms with Crippen molar-refractivity contribution >= 4 is 17.3 Å². The topological polar surface area (TPSA) is 46.1 Å². The minimum atomic E-state index is 0.293. The zero-order valence-electron chi connectivity index (χ0n) is 13.4. The number of nitrogens with zero attached hydrogens (tertiary/aromatic N) is 2. The van der Waals surface area contributed by atoms with Gasteiger partial charge in [0, 0.05) is 37.6 Å². The highest BCUT2D eigenvalue weighted by molar-refractivity contribution is 7.09. The van der Waals surface area contributed by atoms with E-state index in [-0.39, 0.29) is 0 Å². The lowest BCUT2D eigenvalue weighted by atomic mass is 10.2. The minimum Gasteiger partial charge on any atom is -0.454 e. The van der Waals surface area contributed by atoms with E-state index in [0.29, 0.717) is 13.3 Å². The molecule has 0 aliphatic carbocycles. The smallest absolute Gasteiger partial charge is 0.231 e. The summed E-state index contributed by atoms with van der Waals surface area (Å²) in [5.74, 6) is 2.51. The third-order valence-electron chi connectivity index (χ3n) is 3.76. The summed E-state index contributed by atoms with van der Waals surface area (Å²) in [6.07, 6.45) is 1.02. The average Bonchev–Trinajstić information content (AvgIpc) is 3.25. The first kappa shape index (κ1) is 15.7. The van der Waals surface area contributed by atoms with Gasteiger partial charge in [-0.15, -0.1) is 11.3 Å². The lowest BCUT2D eigenvalue weighted by molar-refractivity contribution is 0.173. The van der Waals surface area contributed by atoms with Crippen LogP contribution in [-0.2, 0) is 13.0 Å². The molecule has 1 N–H and O–H groups in total. The zero-order valence-corrected chi connectivity index (χ0v) is 14.2. The fraction of sp³-hybridized carbons (Fsp3) is 0.353. The lowest BCUT2D eigenvalue weighted by Crippen LogP contribution is -2.39. The van der Waals surface area contributed by atoms with E-state index in [1.54, 1.807) is 18.4 Å². The molecule has 0 radical (unpaired) electrons. The van der Waals surface area contributed by atoms with Crippen LogP contribution in [0.5, 0.6) is 11.5 Å². The zero-order chi connectivity index (χ0) is 16.1. The van der Waals surface area contributed by atoms with E-state index in [2.05, 4.69) is 39.8 Å². The molecule has 0 spiro atoms. The normalized spacial score (nSPS) is 13.2. The van der Waals surface area contributed by atoms with E-state index in [4.69, 9.17) is 9.47 Å². The molecule has 0 saturated carbocycles. The number of likely N-dealkylation sites (N-methyl/N-ethyl adjacent to an activating group) is 1. The molecule has 0 bridgehead atoms. The predicted molar refractivity (Wildman–Crippen MR) is 93.4 cm³/mol. The first-order chi connectivity index (χ1) is 11.3. The number of hydrogen-bond acceptors (Lipinski definition) is 4. The molecule has 6 heteroatoms. The Morgan fingerprint density at radius 3 is 3.00 bits per heavy atom. The third kappa shape index (κ3) is 3.76. The fourth-order valence-corrected chi connectivity index (χ4v) is 3.23. The van der Waals surface area contributed by atoms with Crippen molar-refractivity contribution < 1.29 is 9.47 Å². The van der Waals surface area contributed by atoms with Gasteiger partial charge in [-0.25, -0.2) is 0 Å². The molecule has 0 fully saturated rings. The first-order valence-electron chi connectivity index (χ1n) is 7.59. The number of nitrogens with one attached hydrogen (secondary N) is 1. The second-order valence-electron chi connectivity index (χ2n) is 5.30. The van der Waals surface area contributed by atoms with Gasteiger partial charge in [-0.1, -0.05) is 18.2 Å². The van der Waals surface area contributed by atoms with Crippen LogP contribution in [0.4, 0.5) is 0 Å². The van der Waals surface area contributed by atoms with Crippen LogP contribution < -0.4 is 14.8 Å². The van der Waals surface area contributed by atoms with Crippen LogP contribution in [0.2, 0.25) is 0 Å². The molecule has 0 unspecified atom stereocenters. The largest absolute Gasteiger partial charge is 0.454 e. The maximum absolute atomic E-state index is 5.54. The average molecular weight is 331 g/mol. The van der Waals surface area contributed by atoms with Gasteiger partial charge in [-0.3, -0.25) is 4.99 Å². The standard InChI is InChI=1S/C17H21N3O2S/c1-18-17(20(2)9-8-14-6-4-10-23-14)19-11-13-5-3-7-15-16(13)22-12-21-15/h3-7,10H,8-9,11-12H2,1-2H3,(H,18,19). The summed E-state index contributed by atoms with van der Waals surface area (Å²) < 4.78 is 10.9. The minimum absolute atomic E-state index is 0.293. The SMILES string of the molecule is CN=C(NCc1cccc2c1OCO2)N(C)CCc1cccs1. The Balaban J connectivity index is 1.56. The summed E-state index contributed by atoms with van der Waals surface area (Å²) in [5.41, 5.74) is 1.08. The molecule has 0 amide bonds. The highest BCUT2D eigenvalue weighted by Gasteiger charge is 2.17. The van der Waals surface area contributed by atoms with E-state index in [9.17, 15) is 0 Å². The Morgan fingerprint density at radius 2 is 2.22 bits per heavy atom. The van der Waals surface area contributed by atoms with Crippen molar-refractivity contribution in [3.63, 3.8) is 0 Å². The van der Waals surface area contributed by atoms with E-state index in [1.807, 2.05) is 18.2 Å². The van der Waals surface area contributed by atoms with Crippen LogP contribution in [-0.4, -0.2) is 38.3 Å². The Kier molecular flexibility index (Phi) is 5.02. The Hall–Kier alpha value is -2.21. The molecule has 1 aromatic heterocycles. The second kappa shape index (κ2) is 7.37. The van der Waals surface area contributed by atoms with E-state index in [1.165, 1.54) is 4.88 Å². The lowest BCUT2D eigenvalue weighted by Gasteiger charge is -2.22. The maximum Gasteiger partial charge on any atom is 0.231 e. The summed E-state index contributed by atoms with van der Waals surface area (Å²) in [6, 6.07) is 10.2. The Bertz CT molecular complexity index is 670. The molecular formula is C17H21N3O2S. The summed E-state index contributed by atoms with van der Waals surface area (Å²) in [6.45, 7) is 1.87. The van der Waals surface area contributed by atoms with Crippen LogP contribution in [0.15, 0.2) is 40.7 Å². The van der Waals surface area contributed by atoms with Gasteiger partial charge in [0.25, 0.3) is 0 Å². The molecule has 1 aliphatic rings. The van der Waals surface area contributed by atoms with E-state index >= 15 is 0 Å². The number of benzene rings is 1. The van der Waals surface area contributed by atoms with Crippen molar-refractivity contribution in [2.45, 2.75) is 13.0 Å². The van der Waals surface area contributed by atoms with Crippen LogP contribution in [0, 0.1) is 0 Å². The summed E-state index contributed by atoms with van der Waals surface area (Å²) in [5, 5.41) is 5.50. The van der Waals surface area contributed by atoms with Gasteiger partial charge in [-0.2, -0.15) is 0 Å². The monoisotopic (exact) mass is 331 g/mol. The van der Waals surface area contributed by atoms with Gasteiger partial charge in [0.05, 0.1) is 0 Å². The molecular weight excluding hydrogens is 310 g/mol. The number of fused-ring (bicyclic) bond motifs is 1. The van der Waals surface area contributed by atoms with Crippen LogP contribution >= 0.6 is 11.3 Å². The van der Waals surface area contributed by atoms with E-state index in [0.717, 1.165) is 36.0 Å². The molecule has 1 aliphatic heterocycles. The Morgan fingerprint density at radius 1 is 1.30 bits per heavy atom. The first-order valence-corrected chi connectivity index (χ1v) is 8.47. The molecule has 2 aromatic rings. The fourth-order valence-electron chi connectivity index (χ4n) is 2.53. The molecule has 122 valence electrons. The van der Waals surface area contributed by atoms with Crippen molar-refractivity contribution in [2.24, 2.45) is 4.99 Å². The van der Waals surface area contributed by atoms with Crippen molar-refractivity contribution in [3.05, 3.63) is 46.2 Å². The van der Waals surface area contributed by atoms with Crippen LogP contribution in [0.3, 0.4) is 0 Å². The van der Waals surface area contributed by atoms with Gasteiger partial charge < -0.3 is 19.7 Å². The van der Waals surface area contributed by atoms with Crippen molar-refractivity contribution in [3.8, 4) is 11.5 Å². The maximum atomic E-state index is 5.54. The van der Waals surface area contributed by atoms with Gasteiger partial charge in [-0.05, 0) is 23.9 Å². The molecule has 3 rings (SSSR count). The highest BCUT2D eigenvalue weighted by Crippen LogP contribution is 2.35. The number of aliphatic imine (C=N–C) groups is 1. The van der Waals surface area contributed by atoms with Crippen molar-refractivity contribution in [2.75, 3.05) is 27.4 Å². The van der Waals surface area contributed by atoms with Gasteiger partial charge in [0.1, 0.15) is 0 Å². The van der Waals surface area contributed by atoms with Gasteiger partial charge in [0.2, 0.25) is 6.79 Å². The number of guanidine groups is 1. The second-order valence-corrected chi connectivity index (χ2v) is 6.33.